The van der Waals surface area contributed by atoms with E-state index in [1.165, 1.54) is 0 Å². The molecule has 1 N–H and O–H groups in total. The zero-order valence-corrected chi connectivity index (χ0v) is 18.2. The van der Waals surface area contributed by atoms with Crippen molar-refractivity contribution < 1.29 is 33.2 Å². The molecule has 0 fully saturated rings. The molecular formula is C20H43NO7. The van der Waals surface area contributed by atoms with Gasteiger partial charge in [-0.05, 0) is 13.0 Å². The SMILES string of the molecule is CCC(C)COCCOCCOCCOCCOCCOCCOCCNC. The highest BCUT2D eigenvalue weighted by Gasteiger charge is 1.98. The summed E-state index contributed by atoms with van der Waals surface area (Å²) >= 11 is 0. The Morgan fingerprint density at radius 1 is 0.536 bits per heavy atom. The van der Waals surface area contributed by atoms with E-state index in [0.29, 0.717) is 91.8 Å². The van der Waals surface area contributed by atoms with Crippen LogP contribution in [0, 0.1) is 5.92 Å². The quantitative estimate of drug-likeness (QED) is 0.240. The molecule has 1 atom stereocenters. The van der Waals surface area contributed by atoms with Crippen molar-refractivity contribution >= 4 is 0 Å². The zero-order chi connectivity index (χ0) is 20.5. The van der Waals surface area contributed by atoms with Gasteiger partial charge >= 0.3 is 0 Å². The highest BCUT2D eigenvalue weighted by Crippen LogP contribution is 1.99. The number of hydrogen-bond acceptors (Lipinski definition) is 8. The van der Waals surface area contributed by atoms with Gasteiger partial charge in [0.2, 0.25) is 0 Å². The average molecular weight is 410 g/mol. The van der Waals surface area contributed by atoms with Gasteiger partial charge < -0.3 is 38.5 Å². The second-order valence-electron chi connectivity index (χ2n) is 6.37. The standard InChI is InChI=1S/C20H43NO7/c1-4-20(2)19-28-18-17-27-16-15-26-14-13-25-12-11-24-10-9-23-8-7-22-6-5-21-3/h20-21H,4-19H2,1-3H3. The average Bonchev–Trinajstić information content (AvgIpc) is 2.71. The zero-order valence-electron chi connectivity index (χ0n) is 18.2. The van der Waals surface area contributed by atoms with E-state index in [0.717, 1.165) is 19.6 Å². The number of ether oxygens (including phenoxy) is 7. The minimum atomic E-state index is 0.556. The molecule has 0 saturated carbocycles. The van der Waals surface area contributed by atoms with Crippen LogP contribution >= 0.6 is 0 Å². The molecule has 0 rings (SSSR count). The van der Waals surface area contributed by atoms with Crippen molar-refractivity contribution in [1.82, 2.24) is 5.32 Å². The molecule has 0 bridgehead atoms. The van der Waals surface area contributed by atoms with Gasteiger partial charge in [-0.25, -0.2) is 0 Å². The first kappa shape index (κ1) is 27.7. The van der Waals surface area contributed by atoms with Crippen molar-refractivity contribution in [1.29, 1.82) is 0 Å². The van der Waals surface area contributed by atoms with Crippen molar-refractivity contribution in [3.8, 4) is 0 Å². The van der Waals surface area contributed by atoms with Gasteiger partial charge in [0, 0.05) is 13.2 Å². The van der Waals surface area contributed by atoms with Crippen molar-refractivity contribution in [3.05, 3.63) is 0 Å². The lowest BCUT2D eigenvalue weighted by atomic mass is 10.1. The lowest BCUT2D eigenvalue weighted by molar-refractivity contribution is -0.0213. The topological polar surface area (TPSA) is 76.6 Å². The van der Waals surface area contributed by atoms with Gasteiger partial charge in [-0.3, -0.25) is 0 Å². The molecule has 170 valence electrons. The fourth-order valence-electron chi connectivity index (χ4n) is 1.90. The van der Waals surface area contributed by atoms with Gasteiger partial charge in [-0.15, -0.1) is 0 Å². The molecule has 0 radical (unpaired) electrons. The molecule has 28 heavy (non-hydrogen) atoms. The lowest BCUT2D eigenvalue weighted by Gasteiger charge is -2.10. The molecule has 0 aliphatic rings. The van der Waals surface area contributed by atoms with Crippen LogP contribution in [-0.4, -0.2) is 106 Å². The minimum absolute atomic E-state index is 0.556. The van der Waals surface area contributed by atoms with Crippen molar-refractivity contribution in [2.45, 2.75) is 20.3 Å². The Kier molecular flexibility index (Phi) is 24.4. The molecule has 0 aromatic rings. The van der Waals surface area contributed by atoms with Gasteiger partial charge in [0.25, 0.3) is 0 Å². The normalized spacial score (nSPS) is 12.5. The van der Waals surface area contributed by atoms with Crippen molar-refractivity contribution in [2.24, 2.45) is 5.92 Å². The van der Waals surface area contributed by atoms with Gasteiger partial charge in [0.1, 0.15) is 0 Å². The van der Waals surface area contributed by atoms with E-state index in [-0.39, 0.29) is 0 Å². The van der Waals surface area contributed by atoms with Crippen molar-refractivity contribution in [3.63, 3.8) is 0 Å². The molecule has 1 unspecified atom stereocenters. The van der Waals surface area contributed by atoms with Crippen LogP contribution in [0.2, 0.25) is 0 Å². The predicted octanol–water partition coefficient (Wildman–Crippen LogP) is 1.37. The van der Waals surface area contributed by atoms with Crippen LogP contribution in [0.3, 0.4) is 0 Å². The Labute approximate surface area is 171 Å². The maximum absolute atomic E-state index is 5.51. The fourth-order valence-corrected chi connectivity index (χ4v) is 1.90. The van der Waals surface area contributed by atoms with Crippen LogP contribution < -0.4 is 5.32 Å². The van der Waals surface area contributed by atoms with E-state index < -0.39 is 0 Å². The van der Waals surface area contributed by atoms with Crippen LogP contribution in [0.5, 0.6) is 0 Å². The maximum Gasteiger partial charge on any atom is 0.0701 e. The predicted molar refractivity (Wildman–Crippen MR) is 109 cm³/mol. The third-order valence-electron chi connectivity index (χ3n) is 3.83. The Morgan fingerprint density at radius 3 is 1.18 bits per heavy atom. The van der Waals surface area contributed by atoms with Crippen LogP contribution in [-0.2, 0) is 33.2 Å². The number of likely N-dealkylation sites (N-methyl/N-ethyl adjacent to an activating group) is 1. The number of rotatable bonds is 24. The fraction of sp³-hybridized carbons (Fsp3) is 1.00. The summed E-state index contributed by atoms with van der Waals surface area (Å²) < 4.78 is 38.0. The third kappa shape index (κ3) is 23.7. The Balaban J connectivity index is 3.00. The highest BCUT2D eigenvalue weighted by atomic mass is 16.6. The highest BCUT2D eigenvalue weighted by molar-refractivity contribution is 4.46. The van der Waals surface area contributed by atoms with Gasteiger partial charge in [0.05, 0.1) is 85.9 Å². The van der Waals surface area contributed by atoms with Gasteiger partial charge in [-0.2, -0.15) is 0 Å². The van der Waals surface area contributed by atoms with Crippen LogP contribution in [0.1, 0.15) is 20.3 Å². The molecule has 8 nitrogen and oxygen atoms in total. The van der Waals surface area contributed by atoms with Gasteiger partial charge in [-0.1, -0.05) is 20.3 Å². The maximum atomic E-state index is 5.51. The summed E-state index contributed by atoms with van der Waals surface area (Å²) in [6, 6.07) is 0. The van der Waals surface area contributed by atoms with Gasteiger partial charge in [0.15, 0.2) is 0 Å². The second-order valence-corrected chi connectivity index (χ2v) is 6.37. The first-order valence-corrected chi connectivity index (χ1v) is 10.5. The Bertz CT molecular complexity index is 285. The molecule has 0 aromatic heterocycles. The minimum Gasteiger partial charge on any atom is -0.379 e. The Hall–Kier alpha value is -0.320. The van der Waals surface area contributed by atoms with Crippen LogP contribution in [0.25, 0.3) is 0 Å². The van der Waals surface area contributed by atoms with E-state index in [9.17, 15) is 0 Å². The van der Waals surface area contributed by atoms with E-state index in [1.807, 2.05) is 7.05 Å². The smallest absolute Gasteiger partial charge is 0.0701 e. The lowest BCUT2D eigenvalue weighted by Crippen LogP contribution is -2.17. The van der Waals surface area contributed by atoms with E-state index >= 15 is 0 Å². The van der Waals surface area contributed by atoms with E-state index in [2.05, 4.69) is 19.2 Å². The third-order valence-corrected chi connectivity index (χ3v) is 3.83. The molecule has 0 spiro atoms. The van der Waals surface area contributed by atoms with E-state index in [4.69, 9.17) is 33.2 Å². The number of nitrogens with one attached hydrogen (secondary N) is 1. The molecular weight excluding hydrogens is 366 g/mol. The molecule has 0 aliphatic carbocycles. The van der Waals surface area contributed by atoms with Crippen LogP contribution in [0.15, 0.2) is 0 Å². The molecule has 0 aliphatic heterocycles. The number of hydrogen-bond donors (Lipinski definition) is 1. The monoisotopic (exact) mass is 409 g/mol. The molecule has 8 heteroatoms. The van der Waals surface area contributed by atoms with Crippen LogP contribution in [0.4, 0.5) is 0 Å². The summed E-state index contributed by atoms with van der Waals surface area (Å²) in [6.45, 7) is 13.7. The second kappa shape index (κ2) is 24.7. The summed E-state index contributed by atoms with van der Waals surface area (Å²) in [7, 11) is 1.90. The molecule has 0 amide bonds. The Morgan fingerprint density at radius 2 is 0.857 bits per heavy atom. The summed E-state index contributed by atoms with van der Waals surface area (Å²) in [4.78, 5) is 0. The molecule has 0 aromatic carbocycles. The first-order valence-electron chi connectivity index (χ1n) is 10.5. The summed E-state index contributed by atoms with van der Waals surface area (Å²) in [5.41, 5.74) is 0. The molecule has 0 heterocycles. The molecule has 0 saturated heterocycles. The summed E-state index contributed by atoms with van der Waals surface area (Å²) in [5.74, 6) is 0.611. The largest absolute Gasteiger partial charge is 0.379 e. The van der Waals surface area contributed by atoms with E-state index in [1.54, 1.807) is 0 Å². The van der Waals surface area contributed by atoms with Crippen molar-refractivity contribution in [2.75, 3.05) is 106 Å². The summed E-state index contributed by atoms with van der Waals surface area (Å²) in [5, 5.41) is 3.02. The first-order chi connectivity index (χ1) is 13.8. The summed E-state index contributed by atoms with van der Waals surface area (Å²) in [6.07, 6.45) is 1.14.